The molecule has 0 aromatic carbocycles. The average molecular weight is 208 g/mol. The standard InChI is InChI=1S/C11H20N4/c1-10-9-14(2)11(13-10)12-5-8-15-6-3-4-7-15/h9H,3-8H2,1-2H3,(H,12,13). The van der Waals surface area contributed by atoms with E-state index in [0.29, 0.717) is 0 Å². The highest BCUT2D eigenvalue weighted by Gasteiger charge is 2.10. The van der Waals surface area contributed by atoms with Crippen LogP contribution < -0.4 is 5.32 Å². The Morgan fingerprint density at radius 3 is 2.73 bits per heavy atom. The number of hydrogen-bond donors (Lipinski definition) is 1. The molecule has 1 aromatic rings. The van der Waals surface area contributed by atoms with E-state index in [9.17, 15) is 0 Å². The zero-order valence-electron chi connectivity index (χ0n) is 9.66. The number of imidazole rings is 1. The molecule has 4 nitrogen and oxygen atoms in total. The van der Waals surface area contributed by atoms with Gasteiger partial charge >= 0.3 is 0 Å². The average Bonchev–Trinajstić information content (AvgIpc) is 2.77. The predicted octanol–water partition coefficient (Wildman–Crippen LogP) is 1.24. The van der Waals surface area contributed by atoms with Crippen LogP contribution in [0.1, 0.15) is 18.5 Å². The summed E-state index contributed by atoms with van der Waals surface area (Å²) in [6.45, 7) is 6.67. The number of nitrogens with zero attached hydrogens (tertiary/aromatic N) is 3. The molecule has 0 spiro atoms. The summed E-state index contributed by atoms with van der Waals surface area (Å²) in [5.74, 6) is 0.978. The molecule has 1 aliphatic heterocycles. The molecular weight excluding hydrogens is 188 g/mol. The molecular formula is C11H20N4. The molecule has 15 heavy (non-hydrogen) atoms. The fourth-order valence-electron chi connectivity index (χ4n) is 2.11. The van der Waals surface area contributed by atoms with Crippen molar-refractivity contribution in [1.29, 1.82) is 0 Å². The number of anilines is 1. The fourth-order valence-corrected chi connectivity index (χ4v) is 2.11. The Morgan fingerprint density at radius 2 is 2.13 bits per heavy atom. The normalized spacial score (nSPS) is 17.2. The second-order valence-electron chi connectivity index (χ2n) is 4.29. The molecule has 1 fully saturated rings. The lowest BCUT2D eigenvalue weighted by Crippen LogP contribution is -2.26. The zero-order valence-corrected chi connectivity index (χ0v) is 9.66. The van der Waals surface area contributed by atoms with E-state index in [-0.39, 0.29) is 0 Å². The summed E-state index contributed by atoms with van der Waals surface area (Å²) in [5, 5.41) is 3.37. The minimum Gasteiger partial charge on any atom is -0.354 e. The second kappa shape index (κ2) is 4.66. The van der Waals surface area contributed by atoms with Crippen molar-refractivity contribution in [1.82, 2.24) is 14.5 Å². The van der Waals surface area contributed by atoms with Crippen LogP contribution in [0.2, 0.25) is 0 Å². The highest BCUT2D eigenvalue weighted by Crippen LogP contribution is 2.08. The molecule has 0 bridgehead atoms. The van der Waals surface area contributed by atoms with E-state index in [2.05, 4.69) is 15.2 Å². The van der Waals surface area contributed by atoms with Gasteiger partial charge < -0.3 is 14.8 Å². The number of rotatable bonds is 4. The zero-order chi connectivity index (χ0) is 10.7. The first-order valence-corrected chi connectivity index (χ1v) is 5.72. The van der Waals surface area contributed by atoms with Gasteiger partial charge in [0.1, 0.15) is 0 Å². The van der Waals surface area contributed by atoms with Crippen LogP contribution in [0.5, 0.6) is 0 Å². The highest BCUT2D eigenvalue weighted by molar-refractivity contribution is 5.28. The van der Waals surface area contributed by atoms with Gasteiger partial charge in [-0.1, -0.05) is 0 Å². The number of aryl methyl sites for hydroxylation is 2. The third kappa shape index (κ3) is 2.72. The molecule has 2 heterocycles. The number of likely N-dealkylation sites (tertiary alicyclic amines) is 1. The van der Waals surface area contributed by atoms with E-state index in [0.717, 1.165) is 24.7 Å². The van der Waals surface area contributed by atoms with Crippen LogP contribution >= 0.6 is 0 Å². The third-order valence-corrected chi connectivity index (χ3v) is 2.91. The molecule has 0 saturated carbocycles. The second-order valence-corrected chi connectivity index (χ2v) is 4.29. The van der Waals surface area contributed by atoms with Gasteiger partial charge in [-0.25, -0.2) is 4.98 Å². The molecule has 4 heteroatoms. The Bertz CT molecular complexity index is 312. The van der Waals surface area contributed by atoms with Crippen LogP contribution in [0.25, 0.3) is 0 Å². The maximum Gasteiger partial charge on any atom is 0.202 e. The first-order chi connectivity index (χ1) is 7.25. The maximum absolute atomic E-state index is 4.41. The largest absolute Gasteiger partial charge is 0.354 e. The summed E-state index contributed by atoms with van der Waals surface area (Å²) < 4.78 is 2.04. The van der Waals surface area contributed by atoms with Gasteiger partial charge in [0.05, 0.1) is 5.69 Å². The molecule has 0 unspecified atom stereocenters. The minimum absolute atomic E-state index is 0.978. The number of nitrogens with one attached hydrogen (secondary N) is 1. The van der Waals surface area contributed by atoms with Gasteiger partial charge in [0, 0.05) is 26.3 Å². The van der Waals surface area contributed by atoms with Crippen LogP contribution in [0.4, 0.5) is 5.95 Å². The minimum atomic E-state index is 0.978. The summed E-state index contributed by atoms with van der Waals surface area (Å²) in [5.41, 5.74) is 1.07. The Hall–Kier alpha value is -1.03. The van der Waals surface area contributed by atoms with Crippen molar-refractivity contribution in [2.24, 2.45) is 7.05 Å². The third-order valence-electron chi connectivity index (χ3n) is 2.91. The molecule has 1 N–H and O–H groups in total. The predicted molar refractivity (Wildman–Crippen MR) is 62.1 cm³/mol. The van der Waals surface area contributed by atoms with Gasteiger partial charge in [0.15, 0.2) is 0 Å². The van der Waals surface area contributed by atoms with Crippen LogP contribution in [0.15, 0.2) is 6.20 Å². The molecule has 0 amide bonds. The van der Waals surface area contributed by atoms with E-state index < -0.39 is 0 Å². The number of aromatic nitrogens is 2. The molecule has 84 valence electrons. The summed E-state index contributed by atoms with van der Waals surface area (Å²) >= 11 is 0. The fraction of sp³-hybridized carbons (Fsp3) is 0.727. The Balaban J connectivity index is 1.75. The molecule has 0 aliphatic carbocycles. The van der Waals surface area contributed by atoms with Crippen molar-refractivity contribution >= 4 is 5.95 Å². The highest BCUT2D eigenvalue weighted by atomic mass is 15.2. The lowest BCUT2D eigenvalue weighted by molar-refractivity contribution is 0.352. The molecule has 0 atom stereocenters. The van der Waals surface area contributed by atoms with Crippen molar-refractivity contribution < 1.29 is 0 Å². The Morgan fingerprint density at radius 1 is 1.40 bits per heavy atom. The topological polar surface area (TPSA) is 33.1 Å². The maximum atomic E-state index is 4.41. The van der Waals surface area contributed by atoms with Gasteiger partial charge in [-0.05, 0) is 32.9 Å². The lowest BCUT2D eigenvalue weighted by Gasteiger charge is -2.14. The molecule has 1 aliphatic rings. The van der Waals surface area contributed by atoms with Crippen molar-refractivity contribution in [3.05, 3.63) is 11.9 Å². The summed E-state index contributed by atoms with van der Waals surface area (Å²) in [6.07, 6.45) is 4.77. The smallest absolute Gasteiger partial charge is 0.202 e. The van der Waals surface area contributed by atoms with Gasteiger partial charge in [-0.15, -0.1) is 0 Å². The van der Waals surface area contributed by atoms with Crippen molar-refractivity contribution in [2.45, 2.75) is 19.8 Å². The Kier molecular flexibility index (Phi) is 3.26. The summed E-state index contributed by atoms with van der Waals surface area (Å²) in [7, 11) is 2.03. The van der Waals surface area contributed by atoms with Crippen molar-refractivity contribution in [2.75, 3.05) is 31.5 Å². The summed E-state index contributed by atoms with van der Waals surface area (Å²) in [6, 6.07) is 0. The molecule has 1 saturated heterocycles. The summed E-state index contributed by atoms with van der Waals surface area (Å²) in [4.78, 5) is 6.91. The lowest BCUT2D eigenvalue weighted by atomic mass is 10.4. The van der Waals surface area contributed by atoms with Gasteiger partial charge in [-0.2, -0.15) is 0 Å². The van der Waals surface area contributed by atoms with Crippen molar-refractivity contribution in [3.63, 3.8) is 0 Å². The van der Waals surface area contributed by atoms with Crippen LogP contribution in [0, 0.1) is 6.92 Å². The van der Waals surface area contributed by atoms with Crippen molar-refractivity contribution in [3.8, 4) is 0 Å². The van der Waals surface area contributed by atoms with Crippen LogP contribution in [0.3, 0.4) is 0 Å². The van der Waals surface area contributed by atoms with E-state index in [1.165, 1.54) is 25.9 Å². The monoisotopic (exact) mass is 208 g/mol. The molecule has 0 radical (unpaired) electrons. The Labute approximate surface area is 91.3 Å². The van der Waals surface area contributed by atoms with E-state index in [1.807, 2.05) is 24.7 Å². The van der Waals surface area contributed by atoms with Crippen LogP contribution in [-0.4, -0.2) is 40.6 Å². The van der Waals surface area contributed by atoms with Gasteiger partial charge in [0.2, 0.25) is 5.95 Å². The SMILES string of the molecule is Cc1cn(C)c(NCCN2CCCC2)n1. The quantitative estimate of drug-likeness (QED) is 0.808. The van der Waals surface area contributed by atoms with E-state index in [4.69, 9.17) is 0 Å². The van der Waals surface area contributed by atoms with E-state index in [1.54, 1.807) is 0 Å². The first kappa shape index (κ1) is 10.5. The molecule has 2 rings (SSSR count). The van der Waals surface area contributed by atoms with Gasteiger partial charge in [0.25, 0.3) is 0 Å². The first-order valence-electron chi connectivity index (χ1n) is 5.72. The molecule has 1 aromatic heterocycles. The van der Waals surface area contributed by atoms with E-state index >= 15 is 0 Å². The van der Waals surface area contributed by atoms with Crippen LogP contribution in [-0.2, 0) is 7.05 Å². The number of hydrogen-bond acceptors (Lipinski definition) is 3. The van der Waals surface area contributed by atoms with Gasteiger partial charge in [-0.3, -0.25) is 0 Å².